The molecule has 0 saturated heterocycles. The molecule has 0 spiro atoms. The number of aromatic nitrogens is 1. The molecule has 8 heteroatoms. The van der Waals surface area contributed by atoms with Gasteiger partial charge in [0.1, 0.15) is 11.7 Å². The Morgan fingerprint density at radius 2 is 1.83 bits per heavy atom. The van der Waals surface area contributed by atoms with Gasteiger partial charge in [0, 0.05) is 24.9 Å². The number of halogens is 2. The third kappa shape index (κ3) is 5.06. The normalized spacial score (nSPS) is 20.7. The van der Waals surface area contributed by atoms with Crippen LogP contribution in [0.3, 0.4) is 0 Å². The van der Waals surface area contributed by atoms with Gasteiger partial charge in [0.05, 0.1) is 6.04 Å². The molecular weight excluding hydrogens is 452 g/mol. The highest BCUT2D eigenvalue weighted by Gasteiger charge is 2.46. The molecule has 2 unspecified atom stereocenters. The van der Waals surface area contributed by atoms with E-state index >= 15 is 0 Å². The summed E-state index contributed by atoms with van der Waals surface area (Å²) in [6, 6.07) is 14.4. The second-order valence-electron chi connectivity index (χ2n) is 9.68. The molecule has 1 aromatic heterocycles. The van der Waals surface area contributed by atoms with E-state index in [0.29, 0.717) is 24.5 Å². The van der Waals surface area contributed by atoms with E-state index in [2.05, 4.69) is 15.8 Å². The zero-order chi connectivity index (χ0) is 24.4. The second kappa shape index (κ2) is 9.76. The van der Waals surface area contributed by atoms with Crippen LogP contribution in [-0.4, -0.2) is 29.4 Å². The Bertz CT molecular complexity index is 1220. The van der Waals surface area contributed by atoms with E-state index in [-0.39, 0.29) is 25.1 Å². The van der Waals surface area contributed by atoms with Crippen LogP contribution >= 0.6 is 0 Å². The first-order valence-electron chi connectivity index (χ1n) is 12.3. The van der Waals surface area contributed by atoms with Gasteiger partial charge in [0.25, 0.3) is 11.8 Å². The predicted octanol–water partition coefficient (Wildman–Crippen LogP) is 5.51. The van der Waals surface area contributed by atoms with Crippen molar-refractivity contribution in [1.29, 1.82) is 0 Å². The fourth-order valence-electron chi connectivity index (χ4n) is 4.93. The average Bonchev–Trinajstić information content (AvgIpc) is 3.29. The Morgan fingerprint density at radius 3 is 2.57 bits per heavy atom. The van der Waals surface area contributed by atoms with Gasteiger partial charge < -0.3 is 15.2 Å². The molecule has 3 aromatic rings. The maximum absolute atomic E-state index is 14.5. The minimum Gasteiger partial charge on any atom is -0.360 e. The monoisotopic (exact) mass is 481 g/mol. The lowest BCUT2D eigenvalue weighted by molar-refractivity contribution is -0.146. The molecule has 2 aliphatic carbocycles. The van der Waals surface area contributed by atoms with E-state index in [4.69, 9.17) is 4.52 Å². The van der Waals surface area contributed by atoms with Crippen molar-refractivity contribution in [3.05, 3.63) is 65.5 Å². The van der Waals surface area contributed by atoms with Gasteiger partial charge in [-0.1, -0.05) is 54.4 Å². The third-order valence-electron chi connectivity index (χ3n) is 7.31. The Balaban J connectivity index is 1.34. The number of rotatable bonds is 7. The highest BCUT2D eigenvalue weighted by Crippen LogP contribution is 2.39. The number of nitrogens with one attached hydrogen (secondary N) is 2. The van der Waals surface area contributed by atoms with Crippen LogP contribution in [-0.2, 0) is 4.79 Å². The van der Waals surface area contributed by atoms with Crippen molar-refractivity contribution in [3.8, 4) is 0 Å². The number of carbonyl (C=O) groups is 2. The molecule has 35 heavy (non-hydrogen) atoms. The number of benzene rings is 2. The minimum absolute atomic E-state index is 0.0346. The number of carbonyl (C=O) groups excluding carboxylic acids is 2. The first-order valence-corrected chi connectivity index (χ1v) is 12.3. The number of nitrogens with zero attached hydrogens (tertiary/aromatic N) is 1. The third-order valence-corrected chi connectivity index (χ3v) is 7.31. The van der Waals surface area contributed by atoms with Crippen molar-refractivity contribution in [2.45, 2.75) is 62.8 Å². The number of alkyl halides is 2. The molecule has 184 valence electrons. The summed E-state index contributed by atoms with van der Waals surface area (Å²) in [5.74, 6) is -4.49. The topological polar surface area (TPSA) is 84.2 Å². The molecule has 2 atom stereocenters. The fraction of sp³-hybridized carbons (Fsp3) is 0.444. The van der Waals surface area contributed by atoms with Gasteiger partial charge in [0.2, 0.25) is 5.91 Å². The van der Waals surface area contributed by atoms with Crippen LogP contribution in [0.15, 0.2) is 53.1 Å². The largest absolute Gasteiger partial charge is 0.360 e. The Hall–Kier alpha value is -3.29. The molecule has 0 radical (unpaired) electrons. The summed E-state index contributed by atoms with van der Waals surface area (Å²) in [5, 5.41) is 11.5. The summed E-state index contributed by atoms with van der Waals surface area (Å²) < 4.78 is 34.3. The van der Waals surface area contributed by atoms with Crippen LogP contribution in [0.4, 0.5) is 8.78 Å². The lowest BCUT2D eigenvalue weighted by Crippen LogP contribution is -2.46. The maximum atomic E-state index is 14.5. The maximum Gasteiger partial charge on any atom is 0.273 e. The van der Waals surface area contributed by atoms with Crippen molar-refractivity contribution < 1.29 is 22.9 Å². The molecule has 1 heterocycles. The van der Waals surface area contributed by atoms with Crippen LogP contribution in [0, 0.1) is 5.92 Å². The quantitative estimate of drug-likeness (QED) is 0.466. The Morgan fingerprint density at radius 1 is 1.03 bits per heavy atom. The standard InChI is InChI=1S/C27H29F2N3O3/c28-27(29)13-4-3-10-21(27)25(33)31-23(20-12-11-17-6-1-2-7-19(17)14-20)16-30-26(34)22-15-24(35-32-22)18-8-5-9-18/h1-2,6-7,11-12,14-15,18,21,23H,3-5,8-10,13,16H2,(H,30,34)(H,31,33). The van der Waals surface area contributed by atoms with Gasteiger partial charge in [-0.05, 0) is 48.1 Å². The Labute approximate surface area is 202 Å². The summed E-state index contributed by atoms with van der Waals surface area (Å²) in [6.45, 7) is 0.0346. The van der Waals surface area contributed by atoms with Crippen molar-refractivity contribution in [1.82, 2.24) is 15.8 Å². The first kappa shape index (κ1) is 23.5. The second-order valence-corrected chi connectivity index (χ2v) is 9.68. The summed E-state index contributed by atoms with van der Waals surface area (Å²) in [5.41, 5.74) is 0.904. The van der Waals surface area contributed by atoms with Crippen molar-refractivity contribution >= 4 is 22.6 Å². The van der Waals surface area contributed by atoms with Gasteiger partial charge in [-0.2, -0.15) is 0 Å². The molecule has 2 N–H and O–H groups in total. The van der Waals surface area contributed by atoms with Crippen LogP contribution in [0.1, 0.15) is 78.7 Å². The number of hydrogen-bond donors (Lipinski definition) is 2. The zero-order valence-corrected chi connectivity index (χ0v) is 19.4. The summed E-state index contributed by atoms with van der Waals surface area (Å²) in [4.78, 5) is 25.7. The molecule has 2 amide bonds. The number of amides is 2. The lowest BCUT2D eigenvalue weighted by atomic mass is 9.83. The molecule has 2 aromatic carbocycles. The van der Waals surface area contributed by atoms with Crippen LogP contribution in [0.5, 0.6) is 0 Å². The van der Waals surface area contributed by atoms with Crippen LogP contribution in [0.25, 0.3) is 10.8 Å². The highest BCUT2D eigenvalue weighted by molar-refractivity contribution is 5.92. The molecule has 5 rings (SSSR count). The van der Waals surface area contributed by atoms with E-state index in [1.807, 2.05) is 42.5 Å². The van der Waals surface area contributed by atoms with Crippen molar-refractivity contribution in [3.63, 3.8) is 0 Å². The summed E-state index contributed by atoms with van der Waals surface area (Å²) in [6.07, 6.45) is 4.08. The van der Waals surface area contributed by atoms with E-state index in [9.17, 15) is 18.4 Å². The van der Waals surface area contributed by atoms with Gasteiger partial charge >= 0.3 is 0 Å². The minimum atomic E-state index is -3.03. The van der Waals surface area contributed by atoms with E-state index in [0.717, 1.165) is 35.6 Å². The molecule has 0 bridgehead atoms. The fourth-order valence-corrected chi connectivity index (χ4v) is 4.93. The molecule has 2 saturated carbocycles. The lowest BCUT2D eigenvalue weighted by Gasteiger charge is -2.31. The van der Waals surface area contributed by atoms with E-state index in [1.54, 1.807) is 6.07 Å². The molecule has 2 aliphatic rings. The molecule has 6 nitrogen and oxygen atoms in total. The molecule has 2 fully saturated rings. The number of hydrogen-bond acceptors (Lipinski definition) is 4. The summed E-state index contributed by atoms with van der Waals surface area (Å²) in [7, 11) is 0. The molecular formula is C27H29F2N3O3. The smallest absolute Gasteiger partial charge is 0.273 e. The van der Waals surface area contributed by atoms with E-state index < -0.39 is 29.7 Å². The van der Waals surface area contributed by atoms with Gasteiger partial charge in [-0.3, -0.25) is 9.59 Å². The van der Waals surface area contributed by atoms with Crippen LogP contribution in [0.2, 0.25) is 0 Å². The number of fused-ring (bicyclic) bond motifs is 1. The zero-order valence-electron chi connectivity index (χ0n) is 19.4. The van der Waals surface area contributed by atoms with E-state index in [1.165, 1.54) is 0 Å². The SMILES string of the molecule is O=C(NCC(NC(=O)C1CCCCC1(F)F)c1ccc2ccccc2c1)c1cc(C2CCC2)on1. The van der Waals surface area contributed by atoms with Crippen molar-refractivity contribution in [2.24, 2.45) is 5.92 Å². The van der Waals surface area contributed by atoms with Gasteiger partial charge in [0.15, 0.2) is 5.69 Å². The first-order chi connectivity index (χ1) is 16.9. The Kier molecular flexibility index (Phi) is 6.54. The van der Waals surface area contributed by atoms with Gasteiger partial charge in [-0.15, -0.1) is 0 Å². The van der Waals surface area contributed by atoms with Crippen LogP contribution < -0.4 is 10.6 Å². The average molecular weight is 482 g/mol. The molecule has 0 aliphatic heterocycles. The highest BCUT2D eigenvalue weighted by atomic mass is 19.3. The van der Waals surface area contributed by atoms with Crippen molar-refractivity contribution in [2.75, 3.05) is 6.54 Å². The summed E-state index contributed by atoms with van der Waals surface area (Å²) >= 11 is 0. The van der Waals surface area contributed by atoms with Gasteiger partial charge in [-0.25, -0.2) is 8.78 Å². The predicted molar refractivity (Wildman–Crippen MR) is 127 cm³/mol.